The van der Waals surface area contributed by atoms with E-state index in [0.717, 1.165) is 34.6 Å². The summed E-state index contributed by atoms with van der Waals surface area (Å²) in [5, 5.41) is 4.40. The number of nitrogens with two attached hydrogens (primary N) is 1. The second kappa shape index (κ2) is 3.43. The summed E-state index contributed by atoms with van der Waals surface area (Å²) in [4.78, 5) is 7.99. The number of thiazole rings is 1. The van der Waals surface area contributed by atoms with Crippen molar-refractivity contribution in [2.45, 2.75) is 18.4 Å². The summed E-state index contributed by atoms with van der Waals surface area (Å²) in [5.41, 5.74) is 9.40. The molecule has 3 aromatic rings. The molecule has 1 fully saturated rings. The highest BCUT2D eigenvalue weighted by Crippen LogP contribution is 2.45. The Balaban J connectivity index is 1.85. The molecule has 0 saturated heterocycles. The lowest BCUT2D eigenvalue weighted by Gasteiger charge is -2.01. The van der Waals surface area contributed by atoms with Crippen LogP contribution in [0.5, 0.6) is 0 Å². The molecular weight excluding hydrogens is 242 g/mol. The van der Waals surface area contributed by atoms with Gasteiger partial charge in [0.05, 0.1) is 11.2 Å². The van der Waals surface area contributed by atoms with Gasteiger partial charge in [-0.25, -0.2) is 4.98 Å². The molecule has 4 rings (SSSR count). The molecule has 0 amide bonds. The standard InChI is InChI=1S/C14H13N3S/c15-14(5-6-14)13-17-12(8-18-13)10-7-16-11-4-2-1-3-9(10)11/h1-4,7-8,16H,5-6,15H2. The van der Waals surface area contributed by atoms with Crippen LogP contribution in [0, 0.1) is 0 Å². The molecule has 0 spiro atoms. The van der Waals surface area contributed by atoms with Crippen LogP contribution in [0.1, 0.15) is 17.8 Å². The number of aromatic nitrogens is 2. The third kappa shape index (κ3) is 1.43. The molecule has 1 aliphatic rings. The Labute approximate surface area is 109 Å². The van der Waals surface area contributed by atoms with E-state index in [0.29, 0.717) is 0 Å². The van der Waals surface area contributed by atoms with Crippen molar-refractivity contribution < 1.29 is 0 Å². The normalized spacial score (nSPS) is 17.2. The SMILES string of the molecule is NC1(c2nc(-c3c[nH]c4ccccc34)cs2)CC1. The van der Waals surface area contributed by atoms with E-state index in [-0.39, 0.29) is 5.54 Å². The first kappa shape index (κ1) is 10.3. The highest BCUT2D eigenvalue weighted by atomic mass is 32.1. The molecule has 0 aliphatic heterocycles. The molecule has 2 aromatic heterocycles. The zero-order valence-corrected chi connectivity index (χ0v) is 10.6. The second-order valence-corrected chi connectivity index (χ2v) is 5.80. The third-order valence-electron chi connectivity index (χ3n) is 3.58. The molecule has 4 heteroatoms. The van der Waals surface area contributed by atoms with Gasteiger partial charge in [0.2, 0.25) is 0 Å². The highest BCUT2D eigenvalue weighted by Gasteiger charge is 2.42. The van der Waals surface area contributed by atoms with E-state index < -0.39 is 0 Å². The molecule has 18 heavy (non-hydrogen) atoms. The minimum absolute atomic E-state index is 0.130. The quantitative estimate of drug-likeness (QED) is 0.738. The minimum Gasteiger partial charge on any atom is -0.360 e. The molecule has 1 saturated carbocycles. The summed E-state index contributed by atoms with van der Waals surface area (Å²) in [6.07, 6.45) is 4.15. The van der Waals surface area contributed by atoms with Gasteiger partial charge in [0.15, 0.2) is 0 Å². The lowest BCUT2D eigenvalue weighted by Crippen LogP contribution is -2.18. The average molecular weight is 255 g/mol. The first-order valence-electron chi connectivity index (χ1n) is 6.08. The van der Waals surface area contributed by atoms with Crippen molar-refractivity contribution in [1.29, 1.82) is 0 Å². The van der Waals surface area contributed by atoms with Gasteiger partial charge in [-0.2, -0.15) is 0 Å². The molecule has 90 valence electrons. The zero-order chi connectivity index (χ0) is 12.2. The number of rotatable bonds is 2. The van der Waals surface area contributed by atoms with E-state index in [1.807, 2.05) is 12.3 Å². The molecule has 0 radical (unpaired) electrons. The van der Waals surface area contributed by atoms with Crippen molar-refractivity contribution in [1.82, 2.24) is 9.97 Å². The number of nitrogens with one attached hydrogen (secondary N) is 1. The van der Waals surface area contributed by atoms with Gasteiger partial charge in [-0.15, -0.1) is 11.3 Å². The van der Waals surface area contributed by atoms with Crippen LogP contribution < -0.4 is 5.73 Å². The summed E-state index contributed by atoms with van der Waals surface area (Å²) in [5.74, 6) is 0. The molecule has 1 aliphatic carbocycles. The van der Waals surface area contributed by atoms with Gasteiger partial charge in [0, 0.05) is 28.0 Å². The van der Waals surface area contributed by atoms with Crippen molar-refractivity contribution in [3.63, 3.8) is 0 Å². The number of aromatic amines is 1. The lowest BCUT2D eigenvalue weighted by atomic mass is 10.1. The molecule has 0 unspecified atom stereocenters. The van der Waals surface area contributed by atoms with Gasteiger partial charge >= 0.3 is 0 Å². The maximum Gasteiger partial charge on any atom is 0.113 e. The van der Waals surface area contributed by atoms with Gasteiger partial charge in [-0.3, -0.25) is 0 Å². The van der Waals surface area contributed by atoms with Gasteiger partial charge < -0.3 is 10.7 Å². The van der Waals surface area contributed by atoms with Crippen LogP contribution in [-0.2, 0) is 5.54 Å². The third-order valence-corrected chi connectivity index (χ3v) is 4.65. The van der Waals surface area contributed by atoms with Crippen LogP contribution in [0.15, 0.2) is 35.8 Å². The van der Waals surface area contributed by atoms with Crippen LogP contribution in [0.25, 0.3) is 22.2 Å². The van der Waals surface area contributed by atoms with Crippen molar-refractivity contribution in [3.05, 3.63) is 40.8 Å². The molecule has 2 heterocycles. The van der Waals surface area contributed by atoms with Crippen molar-refractivity contribution in [2.75, 3.05) is 0 Å². The van der Waals surface area contributed by atoms with Gasteiger partial charge in [-0.05, 0) is 18.9 Å². The Hall–Kier alpha value is -1.65. The molecule has 0 bridgehead atoms. The van der Waals surface area contributed by atoms with E-state index in [4.69, 9.17) is 10.7 Å². The number of H-pyrrole nitrogens is 1. The smallest absolute Gasteiger partial charge is 0.113 e. The summed E-state index contributed by atoms with van der Waals surface area (Å²) in [6, 6.07) is 8.29. The topological polar surface area (TPSA) is 54.7 Å². The molecule has 0 atom stereocenters. The summed E-state index contributed by atoms with van der Waals surface area (Å²) < 4.78 is 0. The molecule has 1 aromatic carbocycles. The Morgan fingerprint density at radius 2 is 2.11 bits per heavy atom. The van der Waals surface area contributed by atoms with Crippen LogP contribution in [0.2, 0.25) is 0 Å². The van der Waals surface area contributed by atoms with Crippen LogP contribution >= 0.6 is 11.3 Å². The number of fused-ring (bicyclic) bond motifs is 1. The predicted molar refractivity (Wildman–Crippen MR) is 74.5 cm³/mol. The monoisotopic (exact) mass is 255 g/mol. The number of hydrogen-bond acceptors (Lipinski definition) is 3. The van der Waals surface area contributed by atoms with Gasteiger partial charge in [0.25, 0.3) is 0 Å². The minimum atomic E-state index is -0.130. The Bertz CT molecular complexity index is 721. The first-order valence-corrected chi connectivity index (χ1v) is 6.96. The largest absolute Gasteiger partial charge is 0.360 e. The molecule has 3 N–H and O–H groups in total. The fourth-order valence-corrected chi connectivity index (χ4v) is 3.25. The number of nitrogens with zero attached hydrogens (tertiary/aromatic N) is 1. The number of hydrogen-bond donors (Lipinski definition) is 2. The fourth-order valence-electron chi connectivity index (χ4n) is 2.26. The first-order chi connectivity index (χ1) is 8.76. The Morgan fingerprint density at radius 3 is 2.94 bits per heavy atom. The Kier molecular flexibility index (Phi) is 1.96. The van der Waals surface area contributed by atoms with Crippen molar-refractivity contribution in [2.24, 2.45) is 5.73 Å². The van der Waals surface area contributed by atoms with Crippen LogP contribution in [0.3, 0.4) is 0 Å². The maximum atomic E-state index is 6.19. The number of benzene rings is 1. The molecule has 3 nitrogen and oxygen atoms in total. The van der Waals surface area contributed by atoms with Crippen LogP contribution in [-0.4, -0.2) is 9.97 Å². The maximum absolute atomic E-state index is 6.19. The zero-order valence-electron chi connectivity index (χ0n) is 9.81. The summed E-state index contributed by atoms with van der Waals surface area (Å²) >= 11 is 1.68. The summed E-state index contributed by atoms with van der Waals surface area (Å²) in [7, 11) is 0. The predicted octanol–water partition coefficient (Wildman–Crippen LogP) is 3.24. The van der Waals surface area contributed by atoms with Gasteiger partial charge in [-0.1, -0.05) is 18.2 Å². The fraction of sp³-hybridized carbons (Fsp3) is 0.214. The number of para-hydroxylation sites is 1. The van der Waals surface area contributed by atoms with E-state index in [9.17, 15) is 0 Å². The average Bonchev–Trinajstić information content (AvgIpc) is 2.86. The highest BCUT2D eigenvalue weighted by molar-refractivity contribution is 7.10. The van der Waals surface area contributed by atoms with Crippen LogP contribution in [0.4, 0.5) is 0 Å². The molecular formula is C14H13N3S. The summed E-state index contributed by atoms with van der Waals surface area (Å²) in [6.45, 7) is 0. The van der Waals surface area contributed by atoms with E-state index >= 15 is 0 Å². The van der Waals surface area contributed by atoms with E-state index in [2.05, 4.69) is 28.6 Å². The Morgan fingerprint density at radius 1 is 1.28 bits per heavy atom. The van der Waals surface area contributed by atoms with E-state index in [1.54, 1.807) is 11.3 Å². The van der Waals surface area contributed by atoms with E-state index in [1.165, 1.54) is 5.39 Å². The van der Waals surface area contributed by atoms with Crippen molar-refractivity contribution in [3.8, 4) is 11.3 Å². The lowest BCUT2D eigenvalue weighted by molar-refractivity contribution is 0.732. The van der Waals surface area contributed by atoms with Gasteiger partial charge in [0.1, 0.15) is 5.01 Å². The second-order valence-electron chi connectivity index (χ2n) is 4.94. The van der Waals surface area contributed by atoms with Crippen molar-refractivity contribution >= 4 is 22.2 Å².